The standard InChI is InChI=1S/C16H22FN3S/c1-3-8-18-10-16-19-14(12-21-16)11-20(4-2)15-7-5-6-13(17)9-15/h5-7,9,12,18H,3-4,8,10-11H2,1-2H3. The number of benzene rings is 1. The van der Waals surface area contributed by atoms with Crippen molar-refractivity contribution in [1.29, 1.82) is 0 Å². The third kappa shape index (κ3) is 4.79. The molecule has 0 aliphatic carbocycles. The maximum Gasteiger partial charge on any atom is 0.125 e. The van der Waals surface area contributed by atoms with Crippen LogP contribution < -0.4 is 10.2 Å². The van der Waals surface area contributed by atoms with Crippen molar-refractivity contribution in [1.82, 2.24) is 10.3 Å². The van der Waals surface area contributed by atoms with Gasteiger partial charge in [-0.05, 0) is 38.1 Å². The van der Waals surface area contributed by atoms with Crippen LogP contribution in [0.1, 0.15) is 31.0 Å². The topological polar surface area (TPSA) is 28.2 Å². The number of aromatic nitrogens is 1. The van der Waals surface area contributed by atoms with E-state index >= 15 is 0 Å². The van der Waals surface area contributed by atoms with Gasteiger partial charge in [0.25, 0.3) is 0 Å². The number of hydrogen-bond acceptors (Lipinski definition) is 4. The molecule has 1 aromatic heterocycles. The number of halogens is 1. The maximum atomic E-state index is 13.3. The summed E-state index contributed by atoms with van der Waals surface area (Å²) in [7, 11) is 0. The van der Waals surface area contributed by atoms with E-state index in [1.54, 1.807) is 23.5 Å². The lowest BCUT2D eigenvalue weighted by atomic mass is 10.2. The predicted octanol–water partition coefficient (Wildman–Crippen LogP) is 3.81. The minimum absolute atomic E-state index is 0.200. The second kappa shape index (κ2) is 8.10. The molecule has 0 fully saturated rings. The molecule has 21 heavy (non-hydrogen) atoms. The predicted molar refractivity (Wildman–Crippen MR) is 87.2 cm³/mol. The number of nitrogens with zero attached hydrogens (tertiary/aromatic N) is 2. The highest BCUT2D eigenvalue weighted by molar-refractivity contribution is 7.09. The molecule has 0 atom stereocenters. The number of anilines is 1. The van der Waals surface area contributed by atoms with E-state index in [0.717, 1.165) is 42.4 Å². The molecule has 0 spiro atoms. The van der Waals surface area contributed by atoms with Gasteiger partial charge in [0.15, 0.2) is 0 Å². The van der Waals surface area contributed by atoms with Crippen LogP contribution in [0, 0.1) is 5.82 Å². The first kappa shape index (κ1) is 15.9. The lowest BCUT2D eigenvalue weighted by Crippen LogP contribution is -2.22. The lowest BCUT2D eigenvalue weighted by molar-refractivity contribution is 0.626. The zero-order valence-electron chi connectivity index (χ0n) is 12.6. The molecule has 2 aromatic rings. The van der Waals surface area contributed by atoms with Crippen molar-refractivity contribution in [3.8, 4) is 0 Å². The highest BCUT2D eigenvalue weighted by Gasteiger charge is 2.09. The minimum Gasteiger partial charge on any atom is -0.366 e. The summed E-state index contributed by atoms with van der Waals surface area (Å²) in [5.74, 6) is -0.200. The second-order valence-electron chi connectivity index (χ2n) is 4.90. The zero-order valence-corrected chi connectivity index (χ0v) is 13.4. The van der Waals surface area contributed by atoms with Gasteiger partial charge in [-0.25, -0.2) is 9.37 Å². The largest absolute Gasteiger partial charge is 0.366 e. The van der Waals surface area contributed by atoms with Gasteiger partial charge in [-0.3, -0.25) is 0 Å². The van der Waals surface area contributed by atoms with Crippen LogP contribution in [0.3, 0.4) is 0 Å². The quantitative estimate of drug-likeness (QED) is 0.752. The fourth-order valence-corrected chi connectivity index (χ4v) is 2.88. The maximum absolute atomic E-state index is 13.3. The molecular weight excluding hydrogens is 285 g/mol. The van der Waals surface area contributed by atoms with Crippen LogP contribution in [0.5, 0.6) is 0 Å². The second-order valence-corrected chi connectivity index (χ2v) is 5.85. The summed E-state index contributed by atoms with van der Waals surface area (Å²) in [6.07, 6.45) is 1.13. The molecule has 0 amide bonds. The average molecular weight is 307 g/mol. The van der Waals surface area contributed by atoms with Gasteiger partial charge in [0.05, 0.1) is 12.2 Å². The van der Waals surface area contributed by atoms with Crippen LogP contribution >= 0.6 is 11.3 Å². The first-order valence-corrected chi connectivity index (χ1v) is 8.25. The number of hydrogen-bond donors (Lipinski definition) is 1. The van der Waals surface area contributed by atoms with E-state index in [2.05, 4.69) is 34.4 Å². The summed E-state index contributed by atoms with van der Waals surface area (Å²) in [5.41, 5.74) is 1.94. The van der Waals surface area contributed by atoms with E-state index in [1.165, 1.54) is 6.07 Å². The Bertz CT molecular complexity index is 556. The van der Waals surface area contributed by atoms with Crippen LogP contribution in [0.15, 0.2) is 29.6 Å². The number of thiazole rings is 1. The SMILES string of the molecule is CCCNCc1nc(CN(CC)c2cccc(F)c2)cs1. The van der Waals surface area contributed by atoms with Gasteiger partial charge in [0.1, 0.15) is 10.8 Å². The van der Waals surface area contributed by atoms with E-state index in [1.807, 2.05) is 6.07 Å². The Balaban J connectivity index is 1.98. The number of rotatable bonds is 8. The van der Waals surface area contributed by atoms with E-state index < -0.39 is 0 Å². The Labute approximate surface area is 129 Å². The van der Waals surface area contributed by atoms with E-state index in [9.17, 15) is 4.39 Å². The summed E-state index contributed by atoms with van der Waals surface area (Å²) in [4.78, 5) is 6.76. The minimum atomic E-state index is -0.200. The van der Waals surface area contributed by atoms with Gasteiger partial charge in [-0.15, -0.1) is 11.3 Å². The molecule has 0 saturated heterocycles. The Morgan fingerprint density at radius 2 is 2.19 bits per heavy atom. The fourth-order valence-electron chi connectivity index (χ4n) is 2.13. The summed E-state index contributed by atoms with van der Waals surface area (Å²) in [6, 6.07) is 6.72. The Hall–Kier alpha value is -1.46. The van der Waals surface area contributed by atoms with Gasteiger partial charge in [-0.1, -0.05) is 13.0 Å². The van der Waals surface area contributed by atoms with Crippen LogP contribution in [-0.2, 0) is 13.1 Å². The molecular formula is C16H22FN3S. The smallest absolute Gasteiger partial charge is 0.125 e. The molecule has 3 nitrogen and oxygen atoms in total. The van der Waals surface area contributed by atoms with Gasteiger partial charge in [0, 0.05) is 24.2 Å². The van der Waals surface area contributed by atoms with Gasteiger partial charge in [0.2, 0.25) is 0 Å². The van der Waals surface area contributed by atoms with Crippen molar-refractivity contribution in [2.45, 2.75) is 33.4 Å². The van der Waals surface area contributed by atoms with Crippen LogP contribution in [0.4, 0.5) is 10.1 Å². The van der Waals surface area contributed by atoms with Crippen molar-refractivity contribution >= 4 is 17.0 Å². The molecule has 1 N–H and O–H groups in total. The molecule has 2 rings (SSSR count). The van der Waals surface area contributed by atoms with Gasteiger partial charge >= 0.3 is 0 Å². The average Bonchev–Trinajstić information content (AvgIpc) is 2.92. The monoisotopic (exact) mass is 307 g/mol. The van der Waals surface area contributed by atoms with E-state index in [0.29, 0.717) is 6.54 Å². The highest BCUT2D eigenvalue weighted by Crippen LogP contribution is 2.19. The molecule has 0 aliphatic heterocycles. The summed E-state index contributed by atoms with van der Waals surface area (Å²) in [5, 5.41) is 6.55. The summed E-state index contributed by atoms with van der Waals surface area (Å²) >= 11 is 1.68. The van der Waals surface area contributed by atoms with Gasteiger partial charge in [-0.2, -0.15) is 0 Å². The molecule has 0 saturated carbocycles. The first-order chi connectivity index (χ1) is 10.2. The molecule has 0 radical (unpaired) electrons. The fraction of sp³-hybridized carbons (Fsp3) is 0.438. The van der Waals surface area contributed by atoms with Crippen LogP contribution in [0.25, 0.3) is 0 Å². The molecule has 0 aliphatic rings. The van der Waals surface area contributed by atoms with E-state index in [-0.39, 0.29) is 5.82 Å². The van der Waals surface area contributed by atoms with Crippen molar-refractivity contribution < 1.29 is 4.39 Å². The van der Waals surface area contributed by atoms with Crippen LogP contribution in [-0.4, -0.2) is 18.1 Å². The molecule has 114 valence electrons. The first-order valence-electron chi connectivity index (χ1n) is 7.37. The normalized spacial score (nSPS) is 10.8. The zero-order chi connectivity index (χ0) is 15.1. The summed E-state index contributed by atoms with van der Waals surface area (Å²) in [6.45, 7) is 7.60. The molecule has 0 bridgehead atoms. The van der Waals surface area contributed by atoms with Crippen molar-refractivity contribution in [3.05, 3.63) is 46.2 Å². The molecule has 0 unspecified atom stereocenters. The third-order valence-electron chi connectivity index (χ3n) is 3.21. The lowest BCUT2D eigenvalue weighted by Gasteiger charge is -2.22. The Kier molecular flexibility index (Phi) is 6.14. The molecule has 1 aromatic carbocycles. The van der Waals surface area contributed by atoms with Crippen LogP contribution in [0.2, 0.25) is 0 Å². The highest BCUT2D eigenvalue weighted by atomic mass is 32.1. The van der Waals surface area contributed by atoms with Gasteiger partial charge < -0.3 is 10.2 Å². The molecule has 1 heterocycles. The van der Waals surface area contributed by atoms with Crippen molar-refractivity contribution in [3.63, 3.8) is 0 Å². The summed E-state index contributed by atoms with van der Waals surface area (Å²) < 4.78 is 13.3. The Morgan fingerprint density at radius 3 is 2.90 bits per heavy atom. The van der Waals surface area contributed by atoms with Crippen molar-refractivity contribution in [2.75, 3.05) is 18.0 Å². The van der Waals surface area contributed by atoms with E-state index in [4.69, 9.17) is 0 Å². The third-order valence-corrected chi connectivity index (χ3v) is 4.11. The van der Waals surface area contributed by atoms with Crippen molar-refractivity contribution in [2.24, 2.45) is 0 Å². The Morgan fingerprint density at radius 1 is 1.33 bits per heavy atom. The molecule has 5 heteroatoms. The number of nitrogens with one attached hydrogen (secondary N) is 1.